The van der Waals surface area contributed by atoms with Gasteiger partial charge in [0.2, 0.25) is 11.9 Å². The Labute approximate surface area is 127 Å². The summed E-state index contributed by atoms with van der Waals surface area (Å²) in [6.07, 6.45) is 3.84. The number of hydrogen-bond donors (Lipinski definition) is 2. The molecule has 0 saturated carbocycles. The minimum atomic E-state index is -0.245. The minimum Gasteiger partial charge on any atom is -0.469 e. The van der Waals surface area contributed by atoms with E-state index in [0.717, 1.165) is 25.9 Å². The van der Waals surface area contributed by atoms with Crippen LogP contribution in [0.3, 0.4) is 0 Å². The van der Waals surface area contributed by atoms with Crippen LogP contribution in [0.2, 0.25) is 0 Å². The molecule has 1 aliphatic heterocycles. The lowest BCUT2D eigenvalue weighted by molar-refractivity contribution is -0.140. The number of nitrogens with one attached hydrogen (secondary N) is 1. The van der Waals surface area contributed by atoms with Crippen molar-refractivity contribution in [2.45, 2.75) is 30.8 Å². The molecule has 1 aromatic rings. The maximum Gasteiger partial charge on any atom is 0.306 e. The van der Waals surface area contributed by atoms with Gasteiger partial charge in [0, 0.05) is 18.8 Å². The molecule has 3 N–H and O–H groups in total. The quantitative estimate of drug-likeness (QED) is 0.341. The fourth-order valence-electron chi connectivity index (χ4n) is 2.04. The summed E-state index contributed by atoms with van der Waals surface area (Å²) in [5.41, 5.74) is 2.46. The lowest BCUT2D eigenvalue weighted by atomic mass is 10.1. The SMILES string of the molecule is COC(=O)CCSc1nc(NN)nc(N2CCCCC2)n1. The lowest BCUT2D eigenvalue weighted by Gasteiger charge is -2.26. The number of aromatic nitrogens is 3. The average Bonchev–Trinajstić information content (AvgIpc) is 2.55. The van der Waals surface area contributed by atoms with Crippen molar-refractivity contribution in [3.8, 4) is 0 Å². The second-order valence-electron chi connectivity index (χ2n) is 4.61. The van der Waals surface area contributed by atoms with Crippen LogP contribution in [0.5, 0.6) is 0 Å². The molecule has 116 valence electrons. The third-order valence-corrected chi connectivity index (χ3v) is 3.99. The van der Waals surface area contributed by atoms with Gasteiger partial charge in [0.25, 0.3) is 0 Å². The summed E-state index contributed by atoms with van der Waals surface area (Å²) in [7, 11) is 1.38. The molecule has 9 heteroatoms. The predicted molar refractivity (Wildman–Crippen MR) is 81.1 cm³/mol. The number of nitrogens with zero attached hydrogens (tertiary/aromatic N) is 4. The zero-order valence-corrected chi connectivity index (χ0v) is 12.9. The van der Waals surface area contributed by atoms with Crippen LogP contribution in [0, 0.1) is 0 Å². The molecule has 2 rings (SSSR count). The molecule has 21 heavy (non-hydrogen) atoms. The largest absolute Gasteiger partial charge is 0.469 e. The molecule has 1 saturated heterocycles. The minimum absolute atomic E-state index is 0.245. The molecule has 0 aliphatic carbocycles. The summed E-state index contributed by atoms with van der Waals surface area (Å²) in [6.45, 7) is 1.89. The van der Waals surface area contributed by atoms with E-state index in [-0.39, 0.29) is 5.97 Å². The third kappa shape index (κ3) is 4.71. The number of hydrogen-bond acceptors (Lipinski definition) is 9. The highest BCUT2D eigenvalue weighted by Gasteiger charge is 2.16. The summed E-state index contributed by atoms with van der Waals surface area (Å²) >= 11 is 1.39. The average molecular weight is 312 g/mol. The van der Waals surface area contributed by atoms with Gasteiger partial charge in [0.15, 0.2) is 5.16 Å². The molecule has 0 unspecified atom stereocenters. The van der Waals surface area contributed by atoms with Gasteiger partial charge in [-0.05, 0) is 19.3 Å². The number of nitrogens with two attached hydrogens (primary N) is 1. The van der Waals surface area contributed by atoms with E-state index in [0.29, 0.717) is 29.2 Å². The van der Waals surface area contributed by atoms with Crippen LogP contribution < -0.4 is 16.2 Å². The van der Waals surface area contributed by atoms with E-state index in [1.54, 1.807) is 0 Å². The lowest BCUT2D eigenvalue weighted by Crippen LogP contribution is -2.31. The Bertz CT molecular complexity index is 481. The Morgan fingerprint density at radius 2 is 2.10 bits per heavy atom. The van der Waals surface area contributed by atoms with Crippen LogP contribution in [0.4, 0.5) is 11.9 Å². The van der Waals surface area contributed by atoms with Gasteiger partial charge in [0.05, 0.1) is 13.5 Å². The van der Waals surface area contributed by atoms with Crippen molar-refractivity contribution in [1.82, 2.24) is 15.0 Å². The molecular weight excluding hydrogens is 292 g/mol. The molecule has 1 fully saturated rings. The molecule has 0 spiro atoms. The van der Waals surface area contributed by atoms with Gasteiger partial charge in [-0.3, -0.25) is 10.2 Å². The molecule has 8 nitrogen and oxygen atoms in total. The third-order valence-electron chi connectivity index (χ3n) is 3.14. The number of ether oxygens (including phenoxy) is 1. The molecular formula is C12H20N6O2S. The molecule has 0 amide bonds. The summed E-state index contributed by atoms with van der Waals surface area (Å²) in [4.78, 5) is 26.2. The molecule has 0 radical (unpaired) electrons. The van der Waals surface area contributed by atoms with E-state index in [2.05, 4.69) is 30.0 Å². The first-order chi connectivity index (χ1) is 10.2. The summed E-state index contributed by atoms with van der Waals surface area (Å²) in [6, 6.07) is 0. The van der Waals surface area contributed by atoms with Crippen molar-refractivity contribution in [2.24, 2.45) is 5.84 Å². The Balaban J connectivity index is 2.04. The number of piperidine rings is 1. The maximum atomic E-state index is 11.1. The van der Waals surface area contributed by atoms with Crippen LogP contribution in [0.15, 0.2) is 5.16 Å². The van der Waals surface area contributed by atoms with E-state index >= 15 is 0 Å². The van der Waals surface area contributed by atoms with Crippen molar-refractivity contribution < 1.29 is 9.53 Å². The Morgan fingerprint density at radius 1 is 1.33 bits per heavy atom. The van der Waals surface area contributed by atoms with Crippen LogP contribution in [0.25, 0.3) is 0 Å². The first kappa shape index (κ1) is 15.8. The van der Waals surface area contributed by atoms with E-state index in [9.17, 15) is 4.79 Å². The highest BCUT2D eigenvalue weighted by atomic mass is 32.2. The number of carbonyl (C=O) groups excluding carboxylic acids is 1. The van der Waals surface area contributed by atoms with Crippen LogP contribution in [-0.4, -0.2) is 46.9 Å². The van der Waals surface area contributed by atoms with Crippen molar-refractivity contribution in [1.29, 1.82) is 0 Å². The molecule has 1 aliphatic rings. The van der Waals surface area contributed by atoms with Crippen molar-refractivity contribution in [3.63, 3.8) is 0 Å². The second-order valence-corrected chi connectivity index (χ2v) is 5.67. The van der Waals surface area contributed by atoms with E-state index in [1.807, 2.05) is 0 Å². The fourth-order valence-corrected chi connectivity index (χ4v) is 2.79. The molecule has 0 bridgehead atoms. The highest BCUT2D eigenvalue weighted by molar-refractivity contribution is 7.99. The topological polar surface area (TPSA) is 106 Å². The molecule has 0 atom stereocenters. The Hall–Kier alpha value is -1.61. The summed E-state index contributed by atoms with van der Waals surface area (Å²) in [5.74, 6) is 6.70. The molecule has 2 heterocycles. The zero-order valence-electron chi connectivity index (χ0n) is 12.0. The second kappa shape index (κ2) is 7.99. The number of carbonyl (C=O) groups is 1. The summed E-state index contributed by atoms with van der Waals surface area (Å²) in [5, 5.41) is 0.558. The molecule has 1 aromatic heterocycles. The van der Waals surface area contributed by atoms with Crippen LogP contribution in [-0.2, 0) is 9.53 Å². The van der Waals surface area contributed by atoms with E-state index in [4.69, 9.17) is 5.84 Å². The number of methoxy groups -OCH3 is 1. The van der Waals surface area contributed by atoms with Gasteiger partial charge in [-0.1, -0.05) is 11.8 Å². The number of rotatable bonds is 6. The first-order valence-corrected chi connectivity index (χ1v) is 7.88. The van der Waals surface area contributed by atoms with Gasteiger partial charge < -0.3 is 9.64 Å². The maximum absolute atomic E-state index is 11.1. The predicted octanol–water partition coefficient (Wildman–Crippen LogP) is 0.803. The number of thioether (sulfide) groups is 1. The number of anilines is 2. The summed E-state index contributed by atoms with van der Waals surface area (Å²) < 4.78 is 4.61. The van der Waals surface area contributed by atoms with Crippen molar-refractivity contribution >= 4 is 29.6 Å². The first-order valence-electron chi connectivity index (χ1n) is 6.90. The van der Waals surface area contributed by atoms with Crippen molar-refractivity contribution in [2.75, 3.05) is 36.3 Å². The number of esters is 1. The van der Waals surface area contributed by atoms with E-state index in [1.165, 1.54) is 25.3 Å². The van der Waals surface area contributed by atoms with Gasteiger partial charge >= 0.3 is 5.97 Å². The number of hydrazine groups is 1. The highest BCUT2D eigenvalue weighted by Crippen LogP contribution is 2.21. The van der Waals surface area contributed by atoms with Gasteiger partial charge in [-0.15, -0.1) is 0 Å². The van der Waals surface area contributed by atoms with Crippen molar-refractivity contribution in [3.05, 3.63) is 0 Å². The monoisotopic (exact) mass is 312 g/mol. The normalized spacial score (nSPS) is 14.9. The zero-order chi connectivity index (χ0) is 15.1. The standard InChI is InChI=1S/C12H20N6O2S/c1-20-9(19)5-8-21-12-15-10(17-13)14-11(16-12)18-6-3-2-4-7-18/h2-8,13H2,1H3,(H,14,15,16,17). The van der Waals surface area contributed by atoms with Gasteiger partial charge in [-0.25, -0.2) is 5.84 Å². The smallest absolute Gasteiger partial charge is 0.306 e. The van der Waals surface area contributed by atoms with Gasteiger partial charge in [0.1, 0.15) is 0 Å². The van der Waals surface area contributed by atoms with Gasteiger partial charge in [-0.2, -0.15) is 15.0 Å². The van der Waals surface area contributed by atoms with Crippen LogP contribution in [0.1, 0.15) is 25.7 Å². The molecule has 0 aromatic carbocycles. The van der Waals surface area contributed by atoms with E-state index < -0.39 is 0 Å². The van der Waals surface area contributed by atoms with Crippen LogP contribution >= 0.6 is 11.8 Å². The Morgan fingerprint density at radius 3 is 2.76 bits per heavy atom. The number of nitrogen functional groups attached to an aromatic ring is 1. The fraction of sp³-hybridized carbons (Fsp3) is 0.667. The Kier molecular flexibility index (Phi) is 6.00.